The highest BCUT2D eigenvalue weighted by Crippen LogP contribution is 2.57. The first kappa shape index (κ1) is 35.9. The first-order chi connectivity index (χ1) is 30.0. The Bertz CT molecular complexity index is 3270. The molecule has 0 saturated carbocycles. The Morgan fingerprint density at radius 3 is 1.85 bits per heavy atom. The summed E-state index contributed by atoms with van der Waals surface area (Å²) in [6, 6.07) is 70.3. The van der Waals surface area contributed by atoms with Gasteiger partial charge >= 0.3 is 0 Å². The first-order valence-corrected chi connectivity index (χ1v) is 22.2. The van der Waals surface area contributed by atoms with Crippen LogP contribution in [0.25, 0.3) is 48.0 Å². The summed E-state index contributed by atoms with van der Waals surface area (Å²) >= 11 is 1.87. The number of nitrogens with zero attached hydrogens (tertiary/aromatic N) is 1. The van der Waals surface area contributed by atoms with Gasteiger partial charge in [0.05, 0.1) is 5.41 Å². The molecule has 0 bridgehead atoms. The van der Waals surface area contributed by atoms with Crippen LogP contribution in [0.2, 0.25) is 0 Å². The highest BCUT2D eigenvalue weighted by Gasteiger charge is 2.46. The lowest BCUT2D eigenvalue weighted by atomic mass is 9.68. The minimum absolute atomic E-state index is 0.124. The Morgan fingerprint density at radius 2 is 1.07 bits per heavy atom. The van der Waals surface area contributed by atoms with Crippen molar-refractivity contribution in [1.82, 2.24) is 0 Å². The molecule has 1 aromatic heterocycles. The Hall–Kier alpha value is -7.00. The monoisotopic (exact) mass is 797 g/mol. The zero-order chi connectivity index (χ0) is 40.7. The van der Waals surface area contributed by atoms with Crippen molar-refractivity contribution in [2.75, 3.05) is 4.90 Å². The molecule has 12 rings (SSSR count). The van der Waals surface area contributed by atoms with Crippen LogP contribution < -0.4 is 4.90 Å². The average Bonchev–Trinajstić information content (AvgIpc) is 3.81. The Labute approximate surface area is 361 Å². The molecule has 2 heteroatoms. The van der Waals surface area contributed by atoms with E-state index >= 15 is 0 Å². The number of rotatable bonds is 6. The highest BCUT2D eigenvalue weighted by molar-refractivity contribution is 7.25. The van der Waals surface area contributed by atoms with Crippen molar-refractivity contribution in [2.45, 2.75) is 31.1 Å². The molecule has 0 amide bonds. The van der Waals surface area contributed by atoms with Crippen LogP contribution in [0, 0.1) is 0 Å². The van der Waals surface area contributed by atoms with E-state index < -0.39 is 5.41 Å². The molecule has 0 unspecified atom stereocenters. The fraction of sp³-hybridized carbons (Fsp3) is 0.0847. The van der Waals surface area contributed by atoms with Gasteiger partial charge in [-0.05, 0) is 128 Å². The van der Waals surface area contributed by atoms with Crippen LogP contribution in [0.15, 0.2) is 218 Å². The maximum Gasteiger partial charge on any atom is 0.0713 e. The van der Waals surface area contributed by atoms with Gasteiger partial charge in [0.1, 0.15) is 0 Å². The fourth-order valence-corrected chi connectivity index (χ4v) is 11.8. The summed E-state index contributed by atoms with van der Waals surface area (Å²) < 4.78 is 2.67. The van der Waals surface area contributed by atoms with E-state index in [1.165, 1.54) is 86.9 Å². The van der Waals surface area contributed by atoms with Gasteiger partial charge in [-0.3, -0.25) is 0 Å². The van der Waals surface area contributed by atoms with Gasteiger partial charge in [-0.2, -0.15) is 0 Å². The lowest BCUT2D eigenvalue weighted by Gasteiger charge is -2.34. The van der Waals surface area contributed by atoms with Crippen LogP contribution in [0.3, 0.4) is 0 Å². The summed E-state index contributed by atoms with van der Waals surface area (Å²) in [4.78, 5) is 2.48. The summed E-state index contributed by atoms with van der Waals surface area (Å²) in [5.74, 6) is 0. The second-order valence-corrected chi connectivity index (χ2v) is 18.3. The number of fused-ring (bicyclic) bond motifs is 9. The Morgan fingerprint density at radius 1 is 0.459 bits per heavy atom. The summed E-state index contributed by atoms with van der Waals surface area (Å²) in [6.07, 6.45) is 10.2. The molecule has 8 aromatic carbocycles. The van der Waals surface area contributed by atoms with Gasteiger partial charge in [0.25, 0.3) is 0 Å². The first-order valence-electron chi connectivity index (χ1n) is 21.4. The van der Waals surface area contributed by atoms with Crippen LogP contribution >= 0.6 is 11.3 Å². The van der Waals surface area contributed by atoms with Gasteiger partial charge in [-0.25, -0.2) is 0 Å². The van der Waals surface area contributed by atoms with Gasteiger partial charge in [0, 0.05) is 42.7 Å². The molecule has 3 aliphatic rings. The van der Waals surface area contributed by atoms with E-state index in [0.717, 1.165) is 23.5 Å². The van der Waals surface area contributed by atoms with Crippen molar-refractivity contribution in [1.29, 1.82) is 0 Å². The minimum atomic E-state index is -0.449. The van der Waals surface area contributed by atoms with E-state index in [1.807, 2.05) is 11.3 Å². The second-order valence-electron chi connectivity index (χ2n) is 17.2. The number of allylic oxidation sites excluding steroid dienone is 5. The van der Waals surface area contributed by atoms with Crippen molar-refractivity contribution < 1.29 is 0 Å². The Balaban J connectivity index is 1.05. The zero-order valence-electron chi connectivity index (χ0n) is 34.3. The maximum absolute atomic E-state index is 2.48. The van der Waals surface area contributed by atoms with E-state index in [-0.39, 0.29) is 5.41 Å². The molecular formula is C59H43NS. The second kappa shape index (κ2) is 13.8. The number of hydrogen-bond acceptors (Lipinski definition) is 2. The third-order valence-electron chi connectivity index (χ3n) is 13.6. The van der Waals surface area contributed by atoms with Crippen molar-refractivity contribution in [2.24, 2.45) is 0 Å². The van der Waals surface area contributed by atoms with Gasteiger partial charge in [-0.15, -0.1) is 11.3 Å². The lowest BCUT2D eigenvalue weighted by Crippen LogP contribution is -2.28. The van der Waals surface area contributed by atoms with Crippen LogP contribution in [-0.4, -0.2) is 0 Å². The lowest BCUT2D eigenvalue weighted by molar-refractivity contribution is 0.660. The highest BCUT2D eigenvalue weighted by atomic mass is 32.1. The van der Waals surface area contributed by atoms with E-state index in [9.17, 15) is 0 Å². The average molecular weight is 798 g/mol. The normalized spacial score (nSPS) is 15.4. The number of benzene rings is 8. The largest absolute Gasteiger partial charge is 0.310 e. The van der Waals surface area contributed by atoms with Crippen molar-refractivity contribution >= 4 is 48.5 Å². The van der Waals surface area contributed by atoms with Gasteiger partial charge in [-0.1, -0.05) is 172 Å². The third-order valence-corrected chi connectivity index (χ3v) is 14.8. The standard InChI is InChI=1S/C59H43NS/c1-58(2)52-25-12-9-22-46(52)48-33-31-45(38-55(48)58)60(43-21-15-16-39(28-30-43)40-29-35-57-51(36-40)49-24-11-14-27-56(49)61-57)44-32-34-54-50(37-44)47-23-10-13-26-53(47)59(54,41-17-5-3-6-18-41)42-19-7-4-8-20-42/h3-15,17-38H,16H2,1-2H3. The van der Waals surface area contributed by atoms with Crippen LogP contribution in [-0.2, 0) is 10.8 Å². The van der Waals surface area contributed by atoms with E-state index in [4.69, 9.17) is 0 Å². The number of hydrogen-bond donors (Lipinski definition) is 0. The van der Waals surface area contributed by atoms with E-state index in [0.29, 0.717) is 0 Å². The van der Waals surface area contributed by atoms with Gasteiger partial charge in [0.2, 0.25) is 0 Å². The smallest absolute Gasteiger partial charge is 0.0713 e. The molecule has 61 heavy (non-hydrogen) atoms. The summed E-state index contributed by atoms with van der Waals surface area (Å²) in [7, 11) is 0. The van der Waals surface area contributed by atoms with E-state index in [2.05, 4.69) is 231 Å². The molecule has 0 aliphatic heterocycles. The predicted molar refractivity (Wildman–Crippen MR) is 259 cm³/mol. The van der Waals surface area contributed by atoms with Crippen molar-refractivity contribution in [3.63, 3.8) is 0 Å². The molecule has 1 heterocycles. The van der Waals surface area contributed by atoms with Crippen LogP contribution in [0.4, 0.5) is 11.4 Å². The topological polar surface area (TPSA) is 3.24 Å². The van der Waals surface area contributed by atoms with Crippen molar-refractivity contribution in [3.8, 4) is 22.3 Å². The SMILES string of the molecule is CC1(C)c2ccccc2-c2ccc(N(C3=CC=C(c4ccc5sc6ccccc6c5c4)CC=C3)c3ccc4c(c3)-c3ccccc3C4(c3ccccc3)c3ccccc3)cc21. The van der Waals surface area contributed by atoms with Crippen molar-refractivity contribution in [3.05, 3.63) is 257 Å². The summed E-state index contributed by atoms with van der Waals surface area (Å²) in [5, 5.41) is 2.67. The minimum Gasteiger partial charge on any atom is -0.310 e. The molecule has 290 valence electrons. The zero-order valence-corrected chi connectivity index (χ0v) is 35.1. The predicted octanol–water partition coefficient (Wildman–Crippen LogP) is 15.8. The summed E-state index contributed by atoms with van der Waals surface area (Å²) in [6.45, 7) is 4.75. The molecule has 9 aromatic rings. The molecule has 0 atom stereocenters. The molecule has 1 nitrogen and oxygen atoms in total. The summed E-state index contributed by atoms with van der Waals surface area (Å²) in [5.41, 5.74) is 18.6. The number of thiophene rings is 1. The molecule has 0 spiro atoms. The molecule has 3 aliphatic carbocycles. The Kier molecular flexibility index (Phi) is 8.11. The van der Waals surface area contributed by atoms with E-state index in [1.54, 1.807) is 0 Å². The molecule has 0 N–H and O–H groups in total. The van der Waals surface area contributed by atoms with Crippen LogP contribution in [0.1, 0.15) is 59.2 Å². The van der Waals surface area contributed by atoms with Gasteiger partial charge < -0.3 is 4.90 Å². The number of anilines is 2. The third kappa shape index (κ3) is 5.38. The fourth-order valence-electron chi connectivity index (χ4n) is 10.8. The molecule has 0 fully saturated rings. The molecule has 0 radical (unpaired) electrons. The van der Waals surface area contributed by atoms with Gasteiger partial charge in [0.15, 0.2) is 0 Å². The maximum atomic E-state index is 2.48. The van der Waals surface area contributed by atoms with Crippen LogP contribution in [0.5, 0.6) is 0 Å². The quantitative estimate of drug-likeness (QED) is 0.162. The molecular weight excluding hydrogens is 755 g/mol. The molecule has 0 saturated heterocycles.